The molecular formula is C30H52. The van der Waals surface area contributed by atoms with E-state index in [0.717, 1.165) is 29.6 Å². The summed E-state index contributed by atoms with van der Waals surface area (Å²) in [6.45, 7) is 18.8. The SMILES string of the molecule is CC1(C)CCC[C@@]2(C)C1CC[C@@]1(C)C[C@@H]3CC[C@H]4C(C)(C)CCC[C@]4(C)[C@H]3CCC12. The molecule has 0 aromatic heterocycles. The van der Waals surface area contributed by atoms with Crippen molar-refractivity contribution < 1.29 is 0 Å². The topological polar surface area (TPSA) is 0 Å². The van der Waals surface area contributed by atoms with E-state index in [0.29, 0.717) is 27.1 Å². The largest absolute Gasteiger partial charge is 0.0596 e. The van der Waals surface area contributed by atoms with Crippen molar-refractivity contribution in [3.63, 3.8) is 0 Å². The third-order valence-electron chi connectivity index (χ3n) is 12.9. The standard InChI is InChI=1S/C30H52/c1-26(2)15-8-17-29(6)22-11-13-25-28(5,20-21(22)10-12-23(26)29)19-14-24-27(3,4)16-9-18-30(24,25)7/h21-25H,8-20H2,1-7H3/t21-,22-,23-,24?,25?,28-,29+,30-/m0/s1. The van der Waals surface area contributed by atoms with Crippen LogP contribution < -0.4 is 0 Å². The van der Waals surface area contributed by atoms with Crippen LogP contribution in [0.15, 0.2) is 0 Å². The third kappa shape index (κ3) is 2.96. The highest BCUT2D eigenvalue weighted by atomic mass is 14.7. The van der Waals surface area contributed by atoms with Crippen molar-refractivity contribution in [2.24, 2.45) is 56.7 Å². The Morgan fingerprint density at radius 2 is 1.07 bits per heavy atom. The molecule has 0 saturated heterocycles. The minimum absolute atomic E-state index is 0.567. The molecule has 0 amide bonds. The van der Waals surface area contributed by atoms with Gasteiger partial charge in [0.15, 0.2) is 0 Å². The summed E-state index contributed by atoms with van der Waals surface area (Å²) in [6, 6.07) is 0. The van der Waals surface area contributed by atoms with Crippen LogP contribution in [-0.2, 0) is 0 Å². The lowest BCUT2D eigenvalue weighted by Crippen LogP contribution is -2.54. The molecule has 0 nitrogen and oxygen atoms in total. The van der Waals surface area contributed by atoms with E-state index in [4.69, 9.17) is 0 Å². The van der Waals surface area contributed by atoms with Crippen molar-refractivity contribution in [1.82, 2.24) is 0 Å². The monoisotopic (exact) mass is 412 g/mol. The van der Waals surface area contributed by atoms with Crippen LogP contribution in [0, 0.1) is 56.7 Å². The summed E-state index contributed by atoms with van der Waals surface area (Å²) in [5.41, 5.74) is 2.99. The second-order valence-electron chi connectivity index (χ2n) is 15.3. The van der Waals surface area contributed by atoms with Crippen LogP contribution in [0.1, 0.15) is 132 Å². The highest BCUT2D eigenvalue weighted by molar-refractivity contribution is 5.11. The smallest absolute Gasteiger partial charge is 0.0259 e. The molecular weight excluding hydrogens is 360 g/mol. The summed E-state index contributed by atoms with van der Waals surface area (Å²) in [6.07, 6.45) is 19.7. The van der Waals surface area contributed by atoms with Gasteiger partial charge in [-0.1, -0.05) is 61.3 Å². The fraction of sp³-hybridized carbons (Fsp3) is 1.00. The summed E-state index contributed by atoms with van der Waals surface area (Å²) in [5, 5.41) is 0. The molecule has 5 aliphatic rings. The average Bonchev–Trinajstić information content (AvgIpc) is 2.77. The number of fused-ring (bicyclic) bond motifs is 6. The molecule has 0 radical (unpaired) electrons. The van der Waals surface area contributed by atoms with E-state index in [1.54, 1.807) is 25.7 Å². The van der Waals surface area contributed by atoms with Gasteiger partial charge in [-0.15, -0.1) is 0 Å². The van der Waals surface area contributed by atoms with Crippen LogP contribution in [0.3, 0.4) is 0 Å². The van der Waals surface area contributed by atoms with Crippen LogP contribution in [0.2, 0.25) is 0 Å². The maximum atomic E-state index is 2.77. The highest BCUT2D eigenvalue weighted by Gasteiger charge is 2.62. The molecule has 0 aromatic carbocycles. The van der Waals surface area contributed by atoms with Gasteiger partial charge in [0.05, 0.1) is 0 Å². The second-order valence-corrected chi connectivity index (χ2v) is 15.3. The zero-order valence-corrected chi connectivity index (χ0v) is 21.6. The Morgan fingerprint density at radius 1 is 0.500 bits per heavy atom. The number of hydrogen-bond acceptors (Lipinski definition) is 0. The maximum absolute atomic E-state index is 2.77. The molecule has 0 spiro atoms. The molecule has 0 heteroatoms. The van der Waals surface area contributed by atoms with Crippen molar-refractivity contribution in [3.05, 3.63) is 0 Å². The molecule has 172 valence electrons. The first-order chi connectivity index (χ1) is 13.9. The first-order valence-electron chi connectivity index (χ1n) is 13.9. The minimum atomic E-state index is 0.567. The van der Waals surface area contributed by atoms with Gasteiger partial charge < -0.3 is 0 Å². The first kappa shape index (κ1) is 21.8. The molecule has 5 aliphatic carbocycles. The van der Waals surface area contributed by atoms with E-state index in [9.17, 15) is 0 Å². The van der Waals surface area contributed by atoms with Crippen molar-refractivity contribution in [3.8, 4) is 0 Å². The quantitative estimate of drug-likeness (QED) is 0.372. The molecule has 8 atom stereocenters. The van der Waals surface area contributed by atoms with Crippen molar-refractivity contribution in [1.29, 1.82) is 0 Å². The lowest BCUT2D eigenvalue weighted by Gasteiger charge is -2.63. The zero-order chi connectivity index (χ0) is 21.6. The van der Waals surface area contributed by atoms with Gasteiger partial charge in [0.25, 0.3) is 0 Å². The third-order valence-corrected chi connectivity index (χ3v) is 12.9. The number of rotatable bonds is 0. The molecule has 5 rings (SSSR count). The van der Waals surface area contributed by atoms with Gasteiger partial charge in [0, 0.05) is 0 Å². The summed E-state index contributed by atoms with van der Waals surface area (Å²) in [7, 11) is 0. The Kier molecular flexibility index (Phi) is 4.92. The van der Waals surface area contributed by atoms with E-state index in [-0.39, 0.29) is 0 Å². The Morgan fingerprint density at radius 3 is 1.73 bits per heavy atom. The van der Waals surface area contributed by atoms with Crippen LogP contribution in [0.5, 0.6) is 0 Å². The normalized spacial score (nSPS) is 54.7. The number of hydrogen-bond donors (Lipinski definition) is 0. The van der Waals surface area contributed by atoms with Gasteiger partial charge in [-0.05, 0) is 127 Å². The van der Waals surface area contributed by atoms with E-state index in [1.807, 2.05) is 0 Å². The lowest BCUT2D eigenvalue weighted by molar-refractivity contribution is -0.135. The van der Waals surface area contributed by atoms with Crippen LogP contribution >= 0.6 is 0 Å². The van der Waals surface area contributed by atoms with Crippen molar-refractivity contribution in [2.45, 2.75) is 132 Å². The average molecular weight is 413 g/mol. The minimum Gasteiger partial charge on any atom is -0.0596 e. The van der Waals surface area contributed by atoms with Crippen molar-refractivity contribution >= 4 is 0 Å². The predicted molar refractivity (Wildman–Crippen MR) is 129 cm³/mol. The summed E-state index contributed by atoms with van der Waals surface area (Å²) in [4.78, 5) is 0. The molecule has 5 saturated carbocycles. The van der Waals surface area contributed by atoms with Gasteiger partial charge in [-0.3, -0.25) is 0 Å². The fourth-order valence-electron chi connectivity index (χ4n) is 11.9. The molecule has 2 unspecified atom stereocenters. The summed E-state index contributed by atoms with van der Waals surface area (Å²) < 4.78 is 0. The highest BCUT2D eigenvalue weighted by Crippen LogP contribution is 2.71. The Hall–Kier alpha value is 0. The van der Waals surface area contributed by atoms with Gasteiger partial charge in [0.2, 0.25) is 0 Å². The Balaban J connectivity index is 1.48. The van der Waals surface area contributed by atoms with Crippen molar-refractivity contribution in [2.75, 3.05) is 0 Å². The van der Waals surface area contributed by atoms with Gasteiger partial charge >= 0.3 is 0 Å². The molecule has 0 bridgehead atoms. The second kappa shape index (κ2) is 6.76. The fourth-order valence-corrected chi connectivity index (χ4v) is 11.9. The van der Waals surface area contributed by atoms with Gasteiger partial charge in [-0.2, -0.15) is 0 Å². The van der Waals surface area contributed by atoms with Crippen LogP contribution in [0.4, 0.5) is 0 Å². The molecule has 0 N–H and O–H groups in total. The molecule has 0 aromatic rings. The molecule has 30 heavy (non-hydrogen) atoms. The Labute approximate surface area is 188 Å². The predicted octanol–water partition coefficient (Wildman–Crippen LogP) is 9.28. The van der Waals surface area contributed by atoms with E-state index < -0.39 is 0 Å². The molecule has 0 heterocycles. The zero-order valence-electron chi connectivity index (χ0n) is 21.6. The molecule has 5 fully saturated rings. The van der Waals surface area contributed by atoms with E-state index >= 15 is 0 Å². The van der Waals surface area contributed by atoms with Gasteiger partial charge in [0.1, 0.15) is 0 Å². The van der Waals surface area contributed by atoms with E-state index in [2.05, 4.69) is 48.5 Å². The molecule has 0 aliphatic heterocycles. The lowest BCUT2D eigenvalue weighted by atomic mass is 9.42. The summed E-state index contributed by atoms with van der Waals surface area (Å²) in [5.74, 6) is 4.95. The maximum Gasteiger partial charge on any atom is -0.0259 e. The van der Waals surface area contributed by atoms with Crippen LogP contribution in [-0.4, -0.2) is 0 Å². The first-order valence-corrected chi connectivity index (χ1v) is 13.9. The van der Waals surface area contributed by atoms with Gasteiger partial charge in [-0.25, -0.2) is 0 Å². The van der Waals surface area contributed by atoms with Crippen LogP contribution in [0.25, 0.3) is 0 Å². The van der Waals surface area contributed by atoms with E-state index in [1.165, 1.54) is 57.8 Å². The Bertz CT molecular complexity index is 672. The summed E-state index contributed by atoms with van der Waals surface area (Å²) >= 11 is 0.